The SMILES string of the molecule is C1=CC2=CN(c3cccc(N4C=C5C=CC=CN5C4)c3)CN2C=C1. The van der Waals surface area contributed by atoms with Crippen LogP contribution in [0.25, 0.3) is 0 Å². The molecule has 0 saturated carbocycles. The van der Waals surface area contributed by atoms with Crippen molar-refractivity contribution < 1.29 is 0 Å². The summed E-state index contributed by atoms with van der Waals surface area (Å²) >= 11 is 0. The lowest BCUT2D eigenvalue weighted by Gasteiger charge is -2.23. The Bertz CT molecular complexity index is 789. The molecule has 0 fully saturated rings. The average Bonchev–Trinajstić information content (AvgIpc) is 3.26. The molecule has 0 amide bonds. The average molecular weight is 314 g/mol. The van der Waals surface area contributed by atoms with Crippen molar-refractivity contribution in [2.24, 2.45) is 0 Å². The van der Waals surface area contributed by atoms with Gasteiger partial charge in [-0.1, -0.05) is 18.2 Å². The molecular formula is C20H18N4. The van der Waals surface area contributed by atoms with E-state index in [4.69, 9.17) is 0 Å². The minimum Gasteiger partial charge on any atom is -0.328 e. The summed E-state index contributed by atoms with van der Waals surface area (Å²) in [6.45, 7) is 1.72. The van der Waals surface area contributed by atoms with Gasteiger partial charge in [-0.15, -0.1) is 0 Å². The zero-order chi connectivity index (χ0) is 15.9. The van der Waals surface area contributed by atoms with Gasteiger partial charge in [0.2, 0.25) is 0 Å². The Morgan fingerprint density at radius 1 is 0.625 bits per heavy atom. The number of anilines is 2. The fraction of sp³-hybridized carbons (Fsp3) is 0.100. The number of nitrogens with zero attached hydrogens (tertiary/aromatic N) is 4. The molecule has 0 saturated heterocycles. The van der Waals surface area contributed by atoms with Gasteiger partial charge in [0.15, 0.2) is 0 Å². The minimum atomic E-state index is 0.859. The van der Waals surface area contributed by atoms with E-state index in [-0.39, 0.29) is 0 Å². The number of rotatable bonds is 2. The molecule has 24 heavy (non-hydrogen) atoms. The summed E-state index contributed by atoms with van der Waals surface area (Å²) < 4.78 is 0. The normalized spacial score (nSPS) is 20.5. The van der Waals surface area contributed by atoms with E-state index in [1.807, 2.05) is 0 Å². The van der Waals surface area contributed by atoms with Crippen molar-refractivity contribution in [3.8, 4) is 0 Å². The molecular weight excluding hydrogens is 296 g/mol. The molecule has 0 spiro atoms. The lowest BCUT2D eigenvalue weighted by molar-refractivity contribution is 0.518. The van der Waals surface area contributed by atoms with Crippen molar-refractivity contribution >= 4 is 11.4 Å². The third-order valence-corrected chi connectivity index (χ3v) is 4.63. The summed E-state index contributed by atoms with van der Waals surface area (Å²) in [5.74, 6) is 0. The van der Waals surface area contributed by atoms with Crippen LogP contribution in [0.1, 0.15) is 0 Å². The van der Waals surface area contributed by atoms with Crippen molar-refractivity contribution in [1.29, 1.82) is 0 Å². The zero-order valence-electron chi connectivity index (χ0n) is 13.3. The van der Waals surface area contributed by atoms with Crippen LogP contribution in [-0.4, -0.2) is 23.1 Å². The Balaban J connectivity index is 1.42. The fourth-order valence-electron chi connectivity index (χ4n) is 3.36. The standard InChI is InChI=1S/C20H18N4/c1-3-10-21-15-23(13-19(21)6-1)17-8-5-9-18(12-17)24-14-20-7-2-4-11-22(20)16-24/h1-14H,15-16H2. The van der Waals surface area contributed by atoms with Crippen molar-refractivity contribution in [2.75, 3.05) is 23.1 Å². The summed E-state index contributed by atoms with van der Waals surface area (Å²) in [4.78, 5) is 9.07. The van der Waals surface area contributed by atoms with Crippen LogP contribution in [0.15, 0.2) is 96.9 Å². The first kappa shape index (κ1) is 13.3. The van der Waals surface area contributed by atoms with Gasteiger partial charge in [0.1, 0.15) is 0 Å². The van der Waals surface area contributed by atoms with Gasteiger partial charge in [-0.05, 0) is 42.5 Å². The van der Waals surface area contributed by atoms with E-state index in [1.54, 1.807) is 0 Å². The fourth-order valence-corrected chi connectivity index (χ4v) is 3.36. The third kappa shape index (κ3) is 2.15. The maximum absolute atomic E-state index is 2.29. The lowest BCUT2D eigenvalue weighted by atomic mass is 10.2. The van der Waals surface area contributed by atoms with Gasteiger partial charge >= 0.3 is 0 Å². The highest BCUT2D eigenvalue weighted by Crippen LogP contribution is 2.31. The highest BCUT2D eigenvalue weighted by molar-refractivity contribution is 5.64. The summed E-state index contributed by atoms with van der Waals surface area (Å²) in [5.41, 5.74) is 4.90. The number of allylic oxidation sites excluding steroid dienone is 6. The molecule has 4 heteroatoms. The van der Waals surface area contributed by atoms with Crippen molar-refractivity contribution in [2.45, 2.75) is 0 Å². The molecule has 0 aliphatic carbocycles. The van der Waals surface area contributed by atoms with E-state index in [0.29, 0.717) is 0 Å². The lowest BCUT2D eigenvalue weighted by Crippen LogP contribution is -2.24. The topological polar surface area (TPSA) is 13.0 Å². The van der Waals surface area contributed by atoms with Gasteiger partial charge in [-0.2, -0.15) is 0 Å². The first-order chi connectivity index (χ1) is 11.9. The van der Waals surface area contributed by atoms with Gasteiger partial charge < -0.3 is 19.6 Å². The Kier molecular flexibility index (Phi) is 2.88. The zero-order valence-corrected chi connectivity index (χ0v) is 13.3. The van der Waals surface area contributed by atoms with Gasteiger partial charge in [0, 0.05) is 36.2 Å². The largest absolute Gasteiger partial charge is 0.328 e. The second-order valence-corrected chi connectivity index (χ2v) is 6.19. The maximum Gasteiger partial charge on any atom is 0.0989 e. The maximum atomic E-state index is 2.29. The molecule has 4 aliphatic heterocycles. The first-order valence-corrected chi connectivity index (χ1v) is 8.17. The molecule has 0 atom stereocenters. The summed E-state index contributed by atoms with van der Waals surface area (Å²) in [5, 5.41) is 0. The van der Waals surface area contributed by atoms with E-state index in [0.717, 1.165) is 13.3 Å². The van der Waals surface area contributed by atoms with Crippen LogP contribution in [0.4, 0.5) is 11.4 Å². The van der Waals surface area contributed by atoms with E-state index >= 15 is 0 Å². The molecule has 4 heterocycles. The van der Waals surface area contributed by atoms with Crippen LogP contribution in [-0.2, 0) is 0 Å². The van der Waals surface area contributed by atoms with Gasteiger partial charge in [-0.3, -0.25) is 0 Å². The molecule has 4 aliphatic rings. The molecule has 5 rings (SSSR count). The Morgan fingerprint density at radius 3 is 1.67 bits per heavy atom. The Morgan fingerprint density at radius 2 is 1.17 bits per heavy atom. The number of hydrogen-bond acceptors (Lipinski definition) is 4. The minimum absolute atomic E-state index is 0.859. The molecule has 1 aromatic carbocycles. The highest BCUT2D eigenvalue weighted by Gasteiger charge is 2.22. The second-order valence-electron chi connectivity index (χ2n) is 6.19. The van der Waals surface area contributed by atoms with Crippen molar-refractivity contribution in [3.05, 3.63) is 96.9 Å². The first-order valence-electron chi connectivity index (χ1n) is 8.17. The predicted molar refractivity (Wildman–Crippen MR) is 97.5 cm³/mol. The van der Waals surface area contributed by atoms with E-state index < -0.39 is 0 Å². The Hall–Kier alpha value is -3.14. The Labute approximate surface area is 141 Å². The van der Waals surface area contributed by atoms with Crippen molar-refractivity contribution in [3.63, 3.8) is 0 Å². The smallest absolute Gasteiger partial charge is 0.0989 e. The molecule has 118 valence electrons. The van der Waals surface area contributed by atoms with Crippen molar-refractivity contribution in [1.82, 2.24) is 9.80 Å². The number of benzene rings is 1. The second kappa shape index (κ2) is 5.20. The van der Waals surface area contributed by atoms with Crippen LogP contribution in [0.3, 0.4) is 0 Å². The molecule has 0 aromatic heterocycles. The van der Waals surface area contributed by atoms with E-state index in [1.165, 1.54) is 22.8 Å². The van der Waals surface area contributed by atoms with E-state index in [9.17, 15) is 0 Å². The summed E-state index contributed by atoms with van der Waals surface area (Å²) in [6.07, 6.45) is 21.2. The summed E-state index contributed by atoms with van der Waals surface area (Å²) in [7, 11) is 0. The quantitative estimate of drug-likeness (QED) is 0.825. The van der Waals surface area contributed by atoms with E-state index in [2.05, 4.69) is 105 Å². The molecule has 0 N–H and O–H groups in total. The summed E-state index contributed by atoms with van der Waals surface area (Å²) in [6, 6.07) is 8.73. The highest BCUT2D eigenvalue weighted by atomic mass is 15.4. The van der Waals surface area contributed by atoms with Crippen LogP contribution in [0.2, 0.25) is 0 Å². The van der Waals surface area contributed by atoms with Crippen LogP contribution in [0, 0.1) is 0 Å². The monoisotopic (exact) mass is 314 g/mol. The van der Waals surface area contributed by atoms with Gasteiger partial charge in [-0.25, -0.2) is 0 Å². The van der Waals surface area contributed by atoms with Gasteiger partial charge in [0.05, 0.1) is 24.7 Å². The molecule has 0 radical (unpaired) electrons. The van der Waals surface area contributed by atoms with Crippen LogP contribution in [0.5, 0.6) is 0 Å². The van der Waals surface area contributed by atoms with Gasteiger partial charge in [0.25, 0.3) is 0 Å². The number of hydrogen-bond donors (Lipinski definition) is 0. The molecule has 0 unspecified atom stereocenters. The molecule has 0 bridgehead atoms. The predicted octanol–water partition coefficient (Wildman–Crippen LogP) is 3.70. The molecule has 1 aromatic rings. The number of fused-ring (bicyclic) bond motifs is 2. The van der Waals surface area contributed by atoms with Crippen LogP contribution >= 0.6 is 0 Å². The van der Waals surface area contributed by atoms with Crippen LogP contribution < -0.4 is 9.80 Å². The molecule has 4 nitrogen and oxygen atoms in total. The third-order valence-electron chi connectivity index (χ3n) is 4.63.